The first-order valence-corrected chi connectivity index (χ1v) is 8.56. The normalized spacial score (nSPS) is 23.8. The molecular formula is C17H23Cl2FN2O2. The number of nitrogens with zero attached hydrogens (tertiary/aromatic N) is 1. The molecule has 1 N–H and O–H groups in total. The lowest BCUT2D eigenvalue weighted by atomic mass is 10.0. The maximum Gasteiger partial charge on any atom is 0.222 e. The number of nitrogens with one attached hydrogen (secondary N) is 1. The van der Waals surface area contributed by atoms with Gasteiger partial charge in [0, 0.05) is 13.0 Å². The Bertz CT molecular complexity index is 568. The van der Waals surface area contributed by atoms with Crippen molar-refractivity contribution in [3.8, 4) is 0 Å². The highest BCUT2D eigenvalue weighted by molar-refractivity contribution is 6.30. The molecule has 0 aliphatic carbocycles. The molecule has 3 rings (SSSR count). The summed E-state index contributed by atoms with van der Waals surface area (Å²) in [5.74, 6) is 0.356. The number of ether oxygens (including phenoxy) is 1. The Morgan fingerprint density at radius 1 is 1.46 bits per heavy atom. The summed E-state index contributed by atoms with van der Waals surface area (Å²) in [6.45, 7) is 3.70. The van der Waals surface area contributed by atoms with Crippen molar-refractivity contribution in [3.63, 3.8) is 0 Å². The number of hydrogen-bond donors (Lipinski definition) is 1. The Morgan fingerprint density at radius 3 is 3.00 bits per heavy atom. The van der Waals surface area contributed by atoms with Crippen LogP contribution in [0.15, 0.2) is 18.2 Å². The summed E-state index contributed by atoms with van der Waals surface area (Å²) in [6, 6.07) is 4.60. The predicted molar refractivity (Wildman–Crippen MR) is 94.1 cm³/mol. The van der Waals surface area contributed by atoms with Crippen molar-refractivity contribution >= 4 is 29.9 Å². The molecule has 1 aromatic rings. The summed E-state index contributed by atoms with van der Waals surface area (Å²) in [4.78, 5) is 14.3. The Balaban J connectivity index is 0.00000208. The topological polar surface area (TPSA) is 41.6 Å². The van der Waals surface area contributed by atoms with E-state index >= 15 is 0 Å². The number of carbonyl (C=O) groups excluding carboxylic acids is 1. The molecule has 134 valence electrons. The number of hydrogen-bond acceptors (Lipinski definition) is 3. The van der Waals surface area contributed by atoms with Gasteiger partial charge < -0.3 is 15.0 Å². The predicted octanol–water partition coefficient (Wildman–Crippen LogP) is 3.19. The van der Waals surface area contributed by atoms with E-state index in [4.69, 9.17) is 16.3 Å². The first-order chi connectivity index (χ1) is 11.1. The number of morpholine rings is 1. The Hall–Kier alpha value is -0.880. The molecule has 2 aliphatic heterocycles. The summed E-state index contributed by atoms with van der Waals surface area (Å²) >= 11 is 5.84. The van der Waals surface area contributed by atoms with Gasteiger partial charge in [0.2, 0.25) is 5.91 Å². The van der Waals surface area contributed by atoms with Gasteiger partial charge in [-0.05, 0) is 49.5 Å². The first-order valence-electron chi connectivity index (χ1n) is 8.18. The van der Waals surface area contributed by atoms with Crippen molar-refractivity contribution in [1.82, 2.24) is 10.2 Å². The summed E-state index contributed by atoms with van der Waals surface area (Å²) in [7, 11) is 0. The van der Waals surface area contributed by atoms with Gasteiger partial charge in [0.15, 0.2) is 0 Å². The molecule has 7 heteroatoms. The van der Waals surface area contributed by atoms with Crippen LogP contribution >= 0.6 is 24.0 Å². The molecule has 2 saturated heterocycles. The standard InChI is InChI=1S/C17H22ClFN2O2.ClH/c18-14-9-13(2-3-15(14)19)16-11-21(7-8-23-16)17(22)4-1-12-5-6-20-10-12;/h2-3,9,12,16,20H,1,4-8,10-11H2;1H. The third-order valence-corrected chi connectivity index (χ3v) is 4.95. The van der Waals surface area contributed by atoms with Gasteiger partial charge in [-0.1, -0.05) is 17.7 Å². The zero-order valence-electron chi connectivity index (χ0n) is 13.5. The fourth-order valence-corrected chi connectivity index (χ4v) is 3.43. The average Bonchev–Trinajstić information content (AvgIpc) is 3.09. The van der Waals surface area contributed by atoms with Crippen molar-refractivity contribution in [3.05, 3.63) is 34.6 Å². The van der Waals surface area contributed by atoms with Crippen molar-refractivity contribution in [2.45, 2.75) is 25.4 Å². The van der Waals surface area contributed by atoms with Gasteiger partial charge in [0.1, 0.15) is 11.9 Å². The number of rotatable bonds is 4. The highest BCUT2D eigenvalue weighted by Gasteiger charge is 2.26. The number of halogens is 3. The van der Waals surface area contributed by atoms with Crippen molar-refractivity contribution in [2.24, 2.45) is 5.92 Å². The van der Waals surface area contributed by atoms with E-state index < -0.39 is 5.82 Å². The fraction of sp³-hybridized carbons (Fsp3) is 0.588. The van der Waals surface area contributed by atoms with Gasteiger partial charge in [0.05, 0.1) is 18.2 Å². The maximum atomic E-state index is 13.3. The molecule has 0 bridgehead atoms. The molecule has 2 fully saturated rings. The molecular weight excluding hydrogens is 354 g/mol. The van der Waals surface area contributed by atoms with Gasteiger partial charge in [-0.15, -0.1) is 12.4 Å². The molecule has 1 aromatic carbocycles. The largest absolute Gasteiger partial charge is 0.370 e. The maximum absolute atomic E-state index is 13.3. The summed E-state index contributed by atoms with van der Waals surface area (Å²) < 4.78 is 19.0. The van der Waals surface area contributed by atoms with Gasteiger partial charge in [-0.25, -0.2) is 4.39 Å². The zero-order chi connectivity index (χ0) is 16.2. The van der Waals surface area contributed by atoms with Crippen LogP contribution in [0.5, 0.6) is 0 Å². The van der Waals surface area contributed by atoms with E-state index in [9.17, 15) is 9.18 Å². The van der Waals surface area contributed by atoms with Crippen molar-refractivity contribution < 1.29 is 13.9 Å². The van der Waals surface area contributed by atoms with Crippen molar-refractivity contribution in [2.75, 3.05) is 32.8 Å². The average molecular weight is 377 g/mol. The molecule has 0 radical (unpaired) electrons. The van der Waals surface area contributed by atoms with E-state index in [-0.39, 0.29) is 29.4 Å². The van der Waals surface area contributed by atoms with Crippen LogP contribution in [0.3, 0.4) is 0 Å². The van der Waals surface area contributed by atoms with Gasteiger partial charge in [0.25, 0.3) is 0 Å². The molecule has 24 heavy (non-hydrogen) atoms. The monoisotopic (exact) mass is 376 g/mol. The van der Waals surface area contributed by atoms with E-state index in [0.717, 1.165) is 31.5 Å². The molecule has 2 atom stereocenters. The molecule has 0 saturated carbocycles. The summed E-state index contributed by atoms with van der Waals surface area (Å²) in [5, 5.41) is 3.41. The highest BCUT2D eigenvalue weighted by atomic mass is 35.5. The Kier molecular flexibility index (Phi) is 7.29. The Morgan fingerprint density at radius 2 is 2.29 bits per heavy atom. The highest BCUT2D eigenvalue weighted by Crippen LogP contribution is 2.27. The fourth-order valence-electron chi connectivity index (χ4n) is 3.24. The molecule has 2 heterocycles. The van der Waals surface area contributed by atoms with Gasteiger partial charge in [-0.3, -0.25) is 4.79 Å². The second-order valence-electron chi connectivity index (χ2n) is 6.27. The van der Waals surface area contributed by atoms with Crippen molar-refractivity contribution in [1.29, 1.82) is 0 Å². The molecule has 4 nitrogen and oxygen atoms in total. The van der Waals surface area contributed by atoms with E-state index in [1.807, 2.05) is 4.90 Å². The molecule has 2 aliphatic rings. The van der Waals surface area contributed by atoms with Gasteiger partial charge >= 0.3 is 0 Å². The van der Waals surface area contributed by atoms with Crippen LogP contribution in [0.2, 0.25) is 5.02 Å². The lowest BCUT2D eigenvalue weighted by Crippen LogP contribution is -2.42. The first kappa shape index (κ1) is 19.4. The Labute approximate surface area is 153 Å². The third-order valence-electron chi connectivity index (χ3n) is 4.66. The summed E-state index contributed by atoms with van der Waals surface area (Å²) in [6.07, 6.45) is 2.45. The smallest absolute Gasteiger partial charge is 0.222 e. The van der Waals surface area contributed by atoms with Crippen LogP contribution in [0, 0.1) is 11.7 Å². The number of benzene rings is 1. The quantitative estimate of drug-likeness (QED) is 0.876. The van der Waals surface area contributed by atoms with E-state index in [2.05, 4.69) is 5.32 Å². The minimum atomic E-state index is -0.440. The number of amides is 1. The minimum absolute atomic E-state index is 0. The molecule has 0 spiro atoms. The van der Waals surface area contributed by atoms with Crippen LogP contribution in [0.25, 0.3) is 0 Å². The van der Waals surface area contributed by atoms with E-state index in [1.54, 1.807) is 12.1 Å². The lowest BCUT2D eigenvalue weighted by molar-refractivity contribution is -0.139. The van der Waals surface area contributed by atoms with E-state index in [1.165, 1.54) is 6.07 Å². The second kappa shape index (κ2) is 8.99. The zero-order valence-corrected chi connectivity index (χ0v) is 15.0. The second-order valence-corrected chi connectivity index (χ2v) is 6.68. The van der Waals surface area contributed by atoms with Crippen LogP contribution in [0.4, 0.5) is 4.39 Å². The SMILES string of the molecule is Cl.O=C(CCC1CCNC1)N1CCOC(c2ccc(F)c(Cl)c2)C1. The minimum Gasteiger partial charge on any atom is -0.370 e. The molecule has 1 amide bonds. The third kappa shape index (κ3) is 4.82. The van der Waals surface area contributed by atoms with Crippen LogP contribution in [-0.2, 0) is 9.53 Å². The lowest BCUT2D eigenvalue weighted by Gasteiger charge is -2.33. The van der Waals surface area contributed by atoms with E-state index in [0.29, 0.717) is 32.0 Å². The van der Waals surface area contributed by atoms with Crippen LogP contribution in [0.1, 0.15) is 30.9 Å². The van der Waals surface area contributed by atoms with Crippen LogP contribution < -0.4 is 5.32 Å². The molecule has 2 unspecified atom stereocenters. The van der Waals surface area contributed by atoms with Gasteiger partial charge in [-0.2, -0.15) is 0 Å². The van der Waals surface area contributed by atoms with Crippen LogP contribution in [-0.4, -0.2) is 43.6 Å². The number of carbonyl (C=O) groups is 1. The molecule has 0 aromatic heterocycles. The summed E-state index contributed by atoms with van der Waals surface area (Å²) in [5.41, 5.74) is 0.814.